The van der Waals surface area contributed by atoms with E-state index in [-0.39, 0.29) is 0 Å². The molecule has 2 rings (SSSR count). The van der Waals surface area contributed by atoms with Crippen LogP contribution in [0.25, 0.3) is 0 Å². The number of thioether (sulfide) groups is 1. The minimum Gasteiger partial charge on any atom is -0.311 e. The topological polar surface area (TPSA) is 12.0 Å². The lowest BCUT2D eigenvalue weighted by atomic mass is 10.4. The van der Waals surface area contributed by atoms with Crippen molar-refractivity contribution < 1.29 is 0 Å². The Hall–Kier alpha value is -0.190. The van der Waals surface area contributed by atoms with E-state index < -0.39 is 0 Å². The molecule has 2 aromatic rings. The molecule has 0 unspecified atom stereocenters. The van der Waals surface area contributed by atoms with E-state index in [0.29, 0.717) is 10.0 Å². The van der Waals surface area contributed by atoms with Gasteiger partial charge in [-0.1, -0.05) is 29.3 Å². The molecule has 0 atom stereocenters. The first-order valence-electron chi connectivity index (χ1n) is 5.56. The van der Waals surface area contributed by atoms with Gasteiger partial charge in [0.25, 0.3) is 0 Å². The van der Waals surface area contributed by atoms with Gasteiger partial charge in [0.2, 0.25) is 0 Å². The Balaban J connectivity index is 1.67. The summed E-state index contributed by atoms with van der Waals surface area (Å²) in [6.45, 7) is 1.92. The van der Waals surface area contributed by atoms with Gasteiger partial charge >= 0.3 is 0 Å². The number of halogens is 2. The number of benzene rings is 1. The van der Waals surface area contributed by atoms with Gasteiger partial charge in [0.05, 0.1) is 10.0 Å². The molecule has 0 bridgehead atoms. The Morgan fingerprint density at radius 2 is 2.06 bits per heavy atom. The minimum absolute atomic E-state index is 0.608. The predicted octanol–water partition coefficient (Wildman–Crippen LogP) is 4.94. The quantitative estimate of drug-likeness (QED) is 0.598. The molecule has 1 N–H and O–H groups in total. The van der Waals surface area contributed by atoms with Crippen LogP contribution in [-0.4, -0.2) is 12.3 Å². The van der Waals surface area contributed by atoms with Crippen molar-refractivity contribution in [2.45, 2.75) is 11.4 Å². The van der Waals surface area contributed by atoms with Crippen LogP contribution in [0.2, 0.25) is 10.0 Å². The summed E-state index contributed by atoms with van der Waals surface area (Å²) in [5.74, 6) is 1.02. The van der Waals surface area contributed by atoms with Crippen LogP contribution in [0.15, 0.2) is 40.6 Å². The molecule has 0 aliphatic heterocycles. The van der Waals surface area contributed by atoms with E-state index >= 15 is 0 Å². The van der Waals surface area contributed by atoms with Crippen LogP contribution in [-0.2, 0) is 6.54 Å². The largest absolute Gasteiger partial charge is 0.311 e. The predicted molar refractivity (Wildman–Crippen MR) is 83.2 cm³/mol. The molecule has 0 amide bonds. The van der Waals surface area contributed by atoms with E-state index in [1.807, 2.05) is 18.2 Å². The molecule has 0 fully saturated rings. The Bertz CT molecular complexity index is 486. The smallest absolute Gasteiger partial charge is 0.0603 e. The summed E-state index contributed by atoms with van der Waals surface area (Å²) in [6, 6.07) is 9.97. The molecule has 1 heterocycles. The van der Waals surface area contributed by atoms with Gasteiger partial charge in [0.15, 0.2) is 0 Å². The van der Waals surface area contributed by atoms with Crippen molar-refractivity contribution in [3.8, 4) is 0 Å². The average Bonchev–Trinajstić information content (AvgIpc) is 2.86. The van der Waals surface area contributed by atoms with E-state index in [0.717, 1.165) is 23.7 Å². The Morgan fingerprint density at radius 3 is 2.78 bits per heavy atom. The van der Waals surface area contributed by atoms with Gasteiger partial charge in [-0.3, -0.25) is 0 Å². The zero-order valence-corrected chi connectivity index (χ0v) is 12.8. The molecule has 5 heteroatoms. The molecule has 1 aromatic carbocycles. The second-order valence-corrected chi connectivity index (χ2v) is 6.70. The van der Waals surface area contributed by atoms with Gasteiger partial charge < -0.3 is 5.32 Å². The molecule has 0 spiro atoms. The maximum absolute atomic E-state index is 5.96. The maximum atomic E-state index is 5.96. The Kier molecular flexibility index (Phi) is 5.86. The monoisotopic (exact) mass is 317 g/mol. The standard InChI is InChI=1S/C13H13Cl2NS2/c14-12-4-3-10(8-13(12)15)18-7-5-16-9-11-2-1-6-17-11/h1-4,6,8,16H,5,7,9H2. The van der Waals surface area contributed by atoms with Crippen molar-refractivity contribution >= 4 is 46.3 Å². The molecule has 18 heavy (non-hydrogen) atoms. The van der Waals surface area contributed by atoms with Gasteiger partial charge in [-0.15, -0.1) is 23.1 Å². The zero-order valence-electron chi connectivity index (χ0n) is 9.66. The van der Waals surface area contributed by atoms with Crippen molar-refractivity contribution in [2.24, 2.45) is 0 Å². The molecule has 1 aromatic heterocycles. The van der Waals surface area contributed by atoms with E-state index in [4.69, 9.17) is 23.2 Å². The normalized spacial score (nSPS) is 10.8. The lowest BCUT2D eigenvalue weighted by molar-refractivity contribution is 0.741. The molecular weight excluding hydrogens is 305 g/mol. The van der Waals surface area contributed by atoms with E-state index in [2.05, 4.69) is 22.8 Å². The number of rotatable bonds is 6. The fourth-order valence-electron chi connectivity index (χ4n) is 1.43. The minimum atomic E-state index is 0.608. The molecule has 0 saturated carbocycles. The highest BCUT2D eigenvalue weighted by molar-refractivity contribution is 7.99. The van der Waals surface area contributed by atoms with E-state index in [9.17, 15) is 0 Å². The van der Waals surface area contributed by atoms with Crippen LogP contribution < -0.4 is 5.32 Å². The summed E-state index contributed by atoms with van der Waals surface area (Å²) in [7, 11) is 0. The maximum Gasteiger partial charge on any atom is 0.0603 e. The molecule has 0 radical (unpaired) electrons. The van der Waals surface area contributed by atoms with Crippen LogP contribution in [0.1, 0.15) is 4.88 Å². The summed E-state index contributed by atoms with van der Waals surface area (Å²) in [5, 5.41) is 6.74. The lowest BCUT2D eigenvalue weighted by Crippen LogP contribution is -2.15. The number of hydrogen-bond acceptors (Lipinski definition) is 3. The van der Waals surface area contributed by atoms with Gasteiger partial charge in [0.1, 0.15) is 0 Å². The lowest BCUT2D eigenvalue weighted by Gasteiger charge is -2.04. The molecule has 1 nitrogen and oxygen atoms in total. The number of hydrogen-bond donors (Lipinski definition) is 1. The van der Waals surface area contributed by atoms with Crippen molar-refractivity contribution in [1.82, 2.24) is 5.32 Å². The summed E-state index contributed by atoms with van der Waals surface area (Å²) in [5.41, 5.74) is 0. The average molecular weight is 318 g/mol. The van der Waals surface area contributed by atoms with Crippen LogP contribution in [0.4, 0.5) is 0 Å². The van der Waals surface area contributed by atoms with Crippen molar-refractivity contribution in [3.63, 3.8) is 0 Å². The second kappa shape index (κ2) is 7.41. The van der Waals surface area contributed by atoms with Crippen LogP contribution in [0.5, 0.6) is 0 Å². The van der Waals surface area contributed by atoms with Crippen LogP contribution in [0, 0.1) is 0 Å². The number of nitrogens with one attached hydrogen (secondary N) is 1. The second-order valence-electron chi connectivity index (χ2n) is 3.68. The third-order valence-corrected chi connectivity index (χ3v) is 4.93. The fraction of sp³-hybridized carbons (Fsp3) is 0.231. The zero-order chi connectivity index (χ0) is 12.8. The van der Waals surface area contributed by atoms with Crippen molar-refractivity contribution in [1.29, 1.82) is 0 Å². The molecule has 0 aliphatic carbocycles. The van der Waals surface area contributed by atoms with E-state index in [1.165, 1.54) is 4.88 Å². The molecule has 0 saturated heterocycles. The first-order chi connectivity index (χ1) is 8.75. The van der Waals surface area contributed by atoms with Crippen molar-refractivity contribution in [3.05, 3.63) is 50.6 Å². The van der Waals surface area contributed by atoms with Crippen LogP contribution >= 0.6 is 46.3 Å². The number of thiophene rings is 1. The van der Waals surface area contributed by atoms with Gasteiger partial charge in [0, 0.05) is 28.6 Å². The fourth-order valence-corrected chi connectivity index (χ4v) is 3.32. The third kappa shape index (κ3) is 4.48. The Morgan fingerprint density at radius 1 is 1.17 bits per heavy atom. The first-order valence-corrected chi connectivity index (χ1v) is 8.19. The van der Waals surface area contributed by atoms with Crippen LogP contribution in [0.3, 0.4) is 0 Å². The third-order valence-electron chi connectivity index (χ3n) is 2.32. The van der Waals surface area contributed by atoms with E-state index in [1.54, 1.807) is 23.1 Å². The summed E-state index contributed by atoms with van der Waals surface area (Å²) < 4.78 is 0. The molecular formula is C13H13Cl2NS2. The van der Waals surface area contributed by atoms with Gasteiger partial charge in [-0.2, -0.15) is 0 Å². The summed E-state index contributed by atoms with van der Waals surface area (Å²) >= 11 is 15.4. The molecule has 0 aliphatic rings. The SMILES string of the molecule is Clc1ccc(SCCNCc2cccs2)cc1Cl. The van der Waals surface area contributed by atoms with Gasteiger partial charge in [-0.25, -0.2) is 0 Å². The first kappa shape index (κ1) is 14.2. The highest BCUT2D eigenvalue weighted by atomic mass is 35.5. The summed E-state index contributed by atoms with van der Waals surface area (Å²) in [4.78, 5) is 2.52. The highest BCUT2D eigenvalue weighted by Gasteiger charge is 2.00. The Labute approximate surface area is 126 Å². The molecule has 96 valence electrons. The van der Waals surface area contributed by atoms with Crippen molar-refractivity contribution in [2.75, 3.05) is 12.3 Å². The summed E-state index contributed by atoms with van der Waals surface area (Å²) in [6.07, 6.45) is 0. The highest BCUT2D eigenvalue weighted by Crippen LogP contribution is 2.27. The van der Waals surface area contributed by atoms with Gasteiger partial charge in [-0.05, 0) is 29.6 Å².